The Labute approximate surface area is 109 Å². The van der Waals surface area contributed by atoms with E-state index in [1.54, 1.807) is 13.8 Å². The molecule has 0 aromatic heterocycles. The summed E-state index contributed by atoms with van der Waals surface area (Å²) in [4.78, 5) is 10.8. The summed E-state index contributed by atoms with van der Waals surface area (Å²) in [6, 6.07) is 7.07. The highest BCUT2D eigenvalue weighted by Crippen LogP contribution is 2.34. The molecule has 98 valence electrons. The molecule has 0 atom stereocenters. The number of rotatable bonds is 2. The molecular formula is C15H13FO3. The Balaban J connectivity index is 2.63. The van der Waals surface area contributed by atoms with Crippen LogP contribution in [-0.2, 0) is 0 Å². The fourth-order valence-electron chi connectivity index (χ4n) is 2.13. The molecule has 4 heteroatoms. The largest absolute Gasteiger partial charge is 0.507 e. The second-order valence-electron chi connectivity index (χ2n) is 4.48. The molecule has 0 saturated carbocycles. The first kappa shape index (κ1) is 13.1. The highest BCUT2D eigenvalue weighted by Gasteiger charge is 2.15. The molecule has 0 amide bonds. The Hall–Kier alpha value is -2.36. The Kier molecular flexibility index (Phi) is 3.25. The van der Waals surface area contributed by atoms with E-state index in [0.717, 1.165) is 11.6 Å². The average Bonchev–Trinajstić information content (AvgIpc) is 2.29. The van der Waals surface area contributed by atoms with Gasteiger partial charge in [0.1, 0.15) is 11.6 Å². The zero-order valence-corrected chi connectivity index (χ0v) is 10.6. The number of benzene rings is 2. The Bertz CT molecular complexity index is 639. The molecule has 0 aliphatic rings. The monoisotopic (exact) mass is 260 g/mol. The van der Waals surface area contributed by atoms with Gasteiger partial charge in [-0.2, -0.15) is 0 Å². The molecule has 0 aliphatic carbocycles. The number of carbonyl (C=O) groups is 1. The summed E-state index contributed by atoms with van der Waals surface area (Å²) in [6.45, 7) is 3.53. The van der Waals surface area contributed by atoms with Crippen molar-refractivity contribution in [2.75, 3.05) is 0 Å². The number of aromatic hydroxyl groups is 1. The van der Waals surface area contributed by atoms with Gasteiger partial charge in [-0.3, -0.25) is 0 Å². The molecule has 0 unspecified atom stereocenters. The third-order valence-electron chi connectivity index (χ3n) is 2.95. The van der Waals surface area contributed by atoms with Crippen LogP contribution in [0.15, 0.2) is 30.3 Å². The molecule has 2 aromatic carbocycles. The summed E-state index contributed by atoms with van der Waals surface area (Å²) in [5, 5.41) is 18.7. The van der Waals surface area contributed by atoms with Crippen molar-refractivity contribution in [1.29, 1.82) is 0 Å². The van der Waals surface area contributed by atoms with Crippen LogP contribution in [0.5, 0.6) is 5.75 Å². The fraction of sp³-hybridized carbons (Fsp3) is 0.133. The molecule has 3 nitrogen and oxygen atoms in total. The molecule has 2 aromatic rings. The van der Waals surface area contributed by atoms with Crippen LogP contribution < -0.4 is 0 Å². The molecule has 2 rings (SSSR count). The zero-order chi connectivity index (χ0) is 14.2. The van der Waals surface area contributed by atoms with E-state index < -0.39 is 11.8 Å². The molecule has 0 saturated heterocycles. The molecule has 0 bridgehead atoms. The van der Waals surface area contributed by atoms with Gasteiger partial charge in [-0.05, 0) is 49.2 Å². The van der Waals surface area contributed by atoms with Crippen LogP contribution in [-0.4, -0.2) is 16.2 Å². The van der Waals surface area contributed by atoms with E-state index in [2.05, 4.69) is 0 Å². The van der Waals surface area contributed by atoms with E-state index in [1.807, 2.05) is 6.07 Å². The van der Waals surface area contributed by atoms with Crippen LogP contribution in [0.3, 0.4) is 0 Å². The second-order valence-corrected chi connectivity index (χ2v) is 4.48. The van der Waals surface area contributed by atoms with Crippen molar-refractivity contribution in [2.24, 2.45) is 0 Å². The summed E-state index contributed by atoms with van der Waals surface area (Å²) in [7, 11) is 0. The molecule has 19 heavy (non-hydrogen) atoms. The number of aromatic carboxylic acids is 1. The molecule has 0 aliphatic heterocycles. The van der Waals surface area contributed by atoms with E-state index in [4.69, 9.17) is 5.11 Å². The van der Waals surface area contributed by atoms with Gasteiger partial charge in [-0.15, -0.1) is 0 Å². The predicted molar refractivity (Wildman–Crippen MR) is 69.9 cm³/mol. The maximum absolute atomic E-state index is 14.0. The Morgan fingerprint density at radius 3 is 2.37 bits per heavy atom. The van der Waals surface area contributed by atoms with Gasteiger partial charge in [0.15, 0.2) is 0 Å². The number of halogens is 1. The van der Waals surface area contributed by atoms with Gasteiger partial charge in [0.25, 0.3) is 0 Å². The maximum Gasteiger partial charge on any atom is 0.335 e. The van der Waals surface area contributed by atoms with E-state index in [0.29, 0.717) is 16.7 Å². The number of phenols is 1. The highest BCUT2D eigenvalue weighted by atomic mass is 19.1. The quantitative estimate of drug-likeness (QED) is 0.868. The molecule has 0 heterocycles. The lowest BCUT2D eigenvalue weighted by atomic mass is 9.96. The van der Waals surface area contributed by atoms with Crippen molar-refractivity contribution in [2.45, 2.75) is 13.8 Å². The van der Waals surface area contributed by atoms with Gasteiger partial charge >= 0.3 is 5.97 Å². The van der Waals surface area contributed by atoms with E-state index in [-0.39, 0.29) is 11.3 Å². The normalized spacial score (nSPS) is 10.5. The summed E-state index contributed by atoms with van der Waals surface area (Å²) < 4.78 is 14.0. The van der Waals surface area contributed by atoms with E-state index >= 15 is 0 Å². The van der Waals surface area contributed by atoms with Crippen LogP contribution >= 0.6 is 0 Å². The number of hydrogen-bond donors (Lipinski definition) is 2. The molecule has 0 fully saturated rings. The minimum atomic E-state index is -1.14. The lowest BCUT2D eigenvalue weighted by Gasteiger charge is -2.11. The third-order valence-corrected chi connectivity index (χ3v) is 2.95. The first-order valence-electron chi connectivity index (χ1n) is 5.73. The molecule has 0 radical (unpaired) electrons. The second kappa shape index (κ2) is 4.72. The first-order chi connectivity index (χ1) is 8.90. The smallest absolute Gasteiger partial charge is 0.335 e. The summed E-state index contributed by atoms with van der Waals surface area (Å²) in [5.41, 5.74) is 2.03. The lowest BCUT2D eigenvalue weighted by Crippen LogP contribution is -1.97. The standard InChI is InChI=1S/C15H13FO3/c1-8-5-9(2)14(12(16)6-8)11-4-3-10(15(18)19)7-13(11)17/h3-7,17H,1-2H3,(H,18,19). The van der Waals surface area contributed by atoms with Gasteiger partial charge in [-0.1, -0.05) is 6.07 Å². The SMILES string of the molecule is Cc1cc(C)c(-c2ccc(C(=O)O)cc2O)c(F)c1. The van der Waals surface area contributed by atoms with Crippen molar-refractivity contribution in [3.05, 3.63) is 52.8 Å². The number of carboxylic acid groups (broad SMARTS) is 1. The minimum absolute atomic E-state index is 0.0357. The van der Waals surface area contributed by atoms with Gasteiger partial charge in [0, 0.05) is 11.1 Å². The highest BCUT2D eigenvalue weighted by molar-refractivity contribution is 5.90. The van der Waals surface area contributed by atoms with Gasteiger partial charge in [-0.25, -0.2) is 9.18 Å². The van der Waals surface area contributed by atoms with Gasteiger partial charge in [0.05, 0.1) is 5.56 Å². The Morgan fingerprint density at radius 1 is 1.16 bits per heavy atom. The van der Waals surface area contributed by atoms with Crippen molar-refractivity contribution < 1.29 is 19.4 Å². The van der Waals surface area contributed by atoms with Crippen LogP contribution in [0.1, 0.15) is 21.5 Å². The van der Waals surface area contributed by atoms with E-state index in [9.17, 15) is 14.3 Å². The molecule has 2 N–H and O–H groups in total. The summed E-state index contributed by atoms with van der Waals surface area (Å²) in [6.07, 6.45) is 0. The fourth-order valence-corrected chi connectivity index (χ4v) is 2.13. The van der Waals surface area contributed by atoms with Crippen LogP contribution in [0.25, 0.3) is 11.1 Å². The van der Waals surface area contributed by atoms with Crippen molar-refractivity contribution in [3.63, 3.8) is 0 Å². The van der Waals surface area contributed by atoms with Crippen LogP contribution in [0.4, 0.5) is 4.39 Å². The van der Waals surface area contributed by atoms with Gasteiger partial charge in [0.2, 0.25) is 0 Å². The number of phenolic OH excluding ortho intramolecular Hbond substituents is 1. The average molecular weight is 260 g/mol. The Morgan fingerprint density at radius 2 is 1.84 bits per heavy atom. The summed E-state index contributed by atoms with van der Waals surface area (Å²) in [5.74, 6) is -1.82. The van der Waals surface area contributed by atoms with Crippen molar-refractivity contribution in [1.82, 2.24) is 0 Å². The topological polar surface area (TPSA) is 57.5 Å². The number of carboxylic acids is 1. The molecular weight excluding hydrogens is 247 g/mol. The number of aryl methyl sites for hydroxylation is 2. The van der Waals surface area contributed by atoms with Gasteiger partial charge < -0.3 is 10.2 Å². The van der Waals surface area contributed by atoms with Crippen LogP contribution in [0.2, 0.25) is 0 Å². The third kappa shape index (κ3) is 2.42. The van der Waals surface area contributed by atoms with E-state index in [1.165, 1.54) is 18.2 Å². The van der Waals surface area contributed by atoms with Crippen molar-refractivity contribution >= 4 is 5.97 Å². The molecule has 0 spiro atoms. The predicted octanol–water partition coefficient (Wildman–Crippen LogP) is 3.51. The first-order valence-corrected chi connectivity index (χ1v) is 5.73. The zero-order valence-electron chi connectivity index (χ0n) is 10.6. The van der Waals surface area contributed by atoms with Crippen LogP contribution in [0, 0.1) is 19.7 Å². The lowest BCUT2D eigenvalue weighted by molar-refractivity contribution is 0.0696. The van der Waals surface area contributed by atoms with Crippen molar-refractivity contribution in [3.8, 4) is 16.9 Å². The summed E-state index contributed by atoms with van der Waals surface area (Å²) >= 11 is 0. The minimum Gasteiger partial charge on any atom is -0.507 e. The maximum atomic E-state index is 14.0. The number of hydrogen-bond acceptors (Lipinski definition) is 2.